The molecule has 142 valence electrons. The number of piperazine rings is 1. The van der Waals surface area contributed by atoms with Crippen LogP contribution in [-0.2, 0) is 6.42 Å². The molecule has 1 aromatic carbocycles. The number of hydrogen-bond acceptors (Lipinski definition) is 6. The highest BCUT2D eigenvalue weighted by Gasteiger charge is 2.21. The van der Waals surface area contributed by atoms with Gasteiger partial charge >= 0.3 is 0 Å². The number of hydrogen-bond donors (Lipinski definition) is 0. The SMILES string of the molecule is COc1ccc(CCN2CCN(c3ncnc4sc(C)c(C)c34)CC2)cc1. The average molecular weight is 383 g/mol. The van der Waals surface area contributed by atoms with Gasteiger partial charge in [-0.25, -0.2) is 9.97 Å². The van der Waals surface area contributed by atoms with Crippen molar-refractivity contribution in [2.45, 2.75) is 20.3 Å². The monoisotopic (exact) mass is 382 g/mol. The van der Waals surface area contributed by atoms with E-state index in [4.69, 9.17) is 4.74 Å². The highest BCUT2D eigenvalue weighted by Crippen LogP contribution is 2.34. The Morgan fingerprint density at radius 2 is 1.78 bits per heavy atom. The zero-order chi connectivity index (χ0) is 18.8. The maximum absolute atomic E-state index is 5.23. The van der Waals surface area contributed by atoms with Crippen molar-refractivity contribution in [2.75, 3.05) is 44.7 Å². The van der Waals surface area contributed by atoms with E-state index in [1.54, 1.807) is 24.8 Å². The second-order valence-electron chi connectivity index (χ2n) is 7.09. The van der Waals surface area contributed by atoms with E-state index < -0.39 is 0 Å². The summed E-state index contributed by atoms with van der Waals surface area (Å²) in [5, 5.41) is 1.24. The van der Waals surface area contributed by atoms with Crippen molar-refractivity contribution in [3.8, 4) is 5.75 Å². The maximum atomic E-state index is 5.23. The Morgan fingerprint density at radius 1 is 1.04 bits per heavy atom. The van der Waals surface area contributed by atoms with Gasteiger partial charge in [-0.3, -0.25) is 4.90 Å². The highest BCUT2D eigenvalue weighted by atomic mass is 32.1. The van der Waals surface area contributed by atoms with Crippen LogP contribution in [-0.4, -0.2) is 54.7 Å². The van der Waals surface area contributed by atoms with E-state index in [0.717, 1.165) is 55.5 Å². The van der Waals surface area contributed by atoms with Gasteiger partial charge < -0.3 is 9.64 Å². The minimum atomic E-state index is 0.919. The quantitative estimate of drug-likeness (QED) is 0.673. The number of nitrogens with zero attached hydrogens (tertiary/aromatic N) is 4. The molecule has 1 fully saturated rings. The first-order valence-electron chi connectivity index (χ1n) is 9.46. The third-order valence-corrected chi connectivity index (χ3v) is 6.61. The highest BCUT2D eigenvalue weighted by molar-refractivity contribution is 7.18. The fraction of sp³-hybridized carbons (Fsp3) is 0.429. The minimum Gasteiger partial charge on any atom is -0.497 e. The lowest BCUT2D eigenvalue weighted by atomic mass is 10.1. The summed E-state index contributed by atoms with van der Waals surface area (Å²) in [6, 6.07) is 8.40. The first-order valence-corrected chi connectivity index (χ1v) is 10.3. The molecule has 0 unspecified atom stereocenters. The first kappa shape index (κ1) is 18.2. The van der Waals surface area contributed by atoms with Gasteiger partial charge in [0.05, 0.1) is 12.5 Å². The van der Waals surface area contributed by atoms with E-state index in [-0.39, 0.29) is 0 Å². The molecule has 0 atom stereocenters. The summed E-state index contributed by atoms with van der Waals surface area (Å²) in [4.78, 5) is 16.5. The molecular weight excluding hydrogens is 356 g/mol. The molecule has 0 N–H and O–H groups in total. The number of fused-ring (bicyclic) bond motifs is 1. The number of rotatable bonds is 5. The van der Waals surface area contributed by atoms with E-state index in [2.05, 4.69) is 45.7 Å². The molecule has 0 spiro atoms. The van der Waals surface area contributed by atoms with Crippen molar-refractivity contribution >= 4 is 27.4 Å². The second kappa shape index (κ2) is 7.82. The van der Waals surface area contributed by atoms with E-state index in [1.807, 2.05) is 12.1 Å². The summed E-state index contributed by atoms with van der Waals surface area (Å²) in [7, 11) is 1.71. The summed E-state index contributed by atoms with van der Waals surface area (Å²) in [6.07, 6.45) is 2.79. The number of thiophene rings is 1. The smallest absolute Gasteiger partial charge is 0.141 e. The number of ether oxygens (including phenoxy) is 1. The molecule has 0 saturated carbocycles. The van der Waals surface area contributed by atoms with Crippen LogP contribution in [0.2, 0.25) is 0 Å². The molecule has 1 aliphatic rings. The van der Waals surface area contributed by atoms with Crippen molar-refractivity contribution in [3.63, 3.8) is 0 Å². The molecule has 6 heteroatoms. The summed E-state index contributed by atoms with van der Waals surface area (Å²) in [5.74, 6) is 2.03. The molecule has 0 aliphatic carbocycles. The van der Waals surface area contributed by atoms with Crippen LogP contribution >= 0.6 is 11.3 Å². The Bertz CT molecular complexity index is 914. The standard InChI is InChI=1S/C21H26N4OS/c1-15-16(2)27-21-19(15)20(22-14-23-21)25-12-10-24(11-13-25)9-8-17-4-6-18(26-3)7-5-17/h4-7,14H,8-13H2,1-3H3. The molecule has 5 nitrogen and oxygen atoms in total. The topological polar surface area (TPSA) is 41.5 Å². The zero-order valence-corrected chi connectivity index (χ0v) is 17.1. The molecule has 3 aromatic rings. The number of methoxy groups -OCH3 is 1. The fourth-order valence-corrected chi connectivity index (χ4v) is 4.66. The minimum absolute atomic E-state index is 0.919. The van der Waals surface area contributed by atoms with Gasteiger partial charge in [-0.1, -0.05) is 12.1 Å². The lowest BCUT2D eigenvalue weighted by Gasteiger charge is -2.35. The molecule has 2 aromatic heterocycles. The van der Waals surface area contributed by atoms with E-state index in [1.165, 1.54) is 21.4 Å². The van der Waals surface area contributed by atoms with Crippen LogP contribution in [0.1, 0.15) is 16.0 Å². The van der Waals surface area contributed by atoms with Crippen LogP contribution in [0.4, 0.5) is 5.82 Å². The van der Waals surface area contributed by atoms with Crippen LogP contribution in [0.25, 0.3) is 10.2 Å². The molecular formula is C21H26N4OS. The van der Waals surface area contributed by atoms with Gasteiger partial charge in [0.15, 0.2) is 0 Å². The Balaban J connectivity index is 1.38. The first-order chi connectivity index (χ1) is 13.2. The van der Waals surface area contributed by atoms with Crippen molar-refractivity contribution in [1.29, 1.82) is 0 Å². The third kappa shape index (κ3) is 3.77. The van der Waals surface area contributed by atoms with Crippen molar-refractivity contribution in [2.24, 2.45) is 0 Å². The van der Waals surface area contributed by atoms with Crippen LogP contribution in [0.5, 0.6) is 5.75 Å². The summed E-state index contributed by atoms with van der Waals surface area (Å²) in [5.41, 5.74) is 2.69. The second-order valence-corrected chi connectivity index (χ2v) is 8.29. The van der Waals surface area contributed by atoms with Crippen LogP contribution in [0, 0.1) is 13.8 Å². The molecule has 1 saturated heterocycles. The van der Waals surface area contributed by atoms with Gasteiger partial charge in [-0.2, -0.15) is 0 Å². The largest absolute Gasteiger partial charge is 0.497 e. The molecule has 0 amide bonds. The molecule has 0 radical (unpaired) electrons. The summed E-state index contributed by atoms with van der Waals surface area (Å²) in [6.45, 7) is 9.63. The van der Waals surface area contributed by atoms with E-state index in [9.17, 15) is 0 Å². The van der Waals surface area contributed by atoms with Gasteiger partial charge in [0, 0.05) is 37.6 Å². The molecule has 3 heterocycles. The maximum Gasteiger partial charge on any atom is 0.141 e. The number of aromatic nitrogens is 2. The van der Waals surface area contributed by atoms with Gasteiger partial charge in [-0.05, 0) is 43.5 Å². The van der Waals surface area contributed by atoms with Crippen LogP contribution in [0.15, 0.2) is 30.6 Å². The molecule has 1 aliphatic heterocycles. The number of anilines is 1. The van der Waals surface area contributed by atoms with Gasteiger partial charge in [0.1, 0.15) is 22.7 Å². The predicted molar refractivity (Wildman–Crippen MR) is 112 cm³/mol. The lowest BCUT2D eigenvalue weighted by Crippen LogP contribution is -2.47. The number of benzene rings is 1. The summed E-state index contributed by atoms with van der Waals surface area (Å²) >= 11 is 1.77. The van der Waals surface area contributed by atoms with Crippen LogP contribution < -0.4 is 9.64 Å². The normalized spacial score (nSPS) is 15.4. The molecule has 0 bridgehead atoms. The summed E-state index contributed by atoms with van der Waals surface area (Å²) < 4.78 is 5.23. The van der Waals surface area contributed by atoms with Gasteiger partial charge in [0.25, 0.3) is 0 Å². The zero-order valence-electron chi connectivity index (χ0n) is 16.2. The predicted octanol–water partition coefficient (Wildman–Crippen LogP) is 3.68. The van der Waals surface area contributed by atoms with E-state index in [0.29, 0.717) is 0 Å². The average Bonchev–Trinajstić information content (AvgIpc) is 3.01. The van der Waals surface area contributed by atoms with Crippen molar-refractivity contribution in [3.05, 3.63) is 46.6 Å². The Hall–Kier alpha value is -2.18. The van der Waals surface area contributed by atoms with Gasteiger partial charge in [-0.15, -0.1) is 11.3 Å². The van der Waals surface area contributed by atoms with Crippen molar-refractivity contribution in [1.82, 2.24) is 14.9 Å². The van der Waals surface area contributed by atoms with Gasteiger partial charge in [0.2, 0.25) is 0 Å². The molecule has 27 heavy (non-hydrogen) atoms. The van der Waals surface area contributed by atoms with Crippen LogP contribution in [0.3, 0.4) is 0 Å². The Kier molecular flexibility index (Phi) is 5.27. The Labute approximate surface area is 164 Å². The van der Waals surface area contributed by atoms with E-state index >= 15 is 0 Å². The molecule has 4 rings (SSSR count). The lowest BCUT2D eigenvalue weighted by molar-refractivity contribution is 0.260. The number of aryl methyl sites for hydroxylation is 2. The third-order valence-electron chi connectivity index (χ3n) is 5.49. The fourth-order valence-electron chi connectivity index (χ4n) is 3.67. The van der Waals surface area contributed by atoms with Crippen molar-refractivity contribution < 1.29 is 4.74 Å². The Morgan fingerprint density at radius 3 is 2.48 bits per heavy atom.